The molecule has 4 heterocycles. The lowest BCUT2D eigenvalue weighted by molar-refractivity contribution is -0.132. The summed E-state index contributed by atoms with van der Waals surface area (Å²) >= 11 is 1.73. The number of hydrogen-bond donors (Lipinski definition) is 1. The Balaban J connectivity index is 1.28. The van der Waals surface area contributed by atoms with Gasteiger partial charge in [-0.05, 0) is 35.6 Å². The predicted octanol–water partition coefficient (Wildman–Crippen LogP) is 0.637. The molecule has 10 heteroatoms. The third-order valence-electron chi connectivity index (χ3n) is 4.87. The summed E-state index contributed by atoms with van der Waals surface area (Å²) in [5.74, 6) is -0.0292. The fourth-order valence-electron chi connectivity index (χ4n) is 3.34. The zero-order chi connectivity index (χ0) is 19.7. The van der Waals surface area contributed by atoms with Gasteiger partial charge in [0.2, 0.25) is 5.91 Å². The summed E-state index contributed by atoms with van der Waals surface area (Å²) in [6.07, 6.45) is 5.78. The van der Waals surface area contributed by atoms with Gasteiger partial charge in [-0.3, -0.25) is 9.59 Å². The second-order valence-corrected chi connectivity index (χ2v) is 9.54. The Morgan fingerprint density at radius 2 is 2.11 bits per heavy atom. The number of nitrogens with zero attached hydrogens (tertiary/aromatic N) is 3. The van der Waals surface area contributed by atoms with Crippen LogP contribution < -0.4 is 5.32 Å². The van der Waals surface area contributed by atoms with Gasteiger partial charge in [0, 0.05) is 43.7 Å². The van der Waals surface area contributed by atoms with E-state index in [1.807, 2.05) is 4.90 Å². The lowest BCUT2D eigenvalue weighted by Gasteiger charge is -2.27. The summed E-state index contributed by atoms with van der Waals surface area (Å²) in [4.78, 5) is 29.6. The number of carbonyl (C=O) groups is 2. The zero-order valence-electron chi connectivity index (χ0n) is 15.1. The first-order chi connectivity index (χ1) is 13.4. The molecule has 0 aliphatic carbocycles. The Bertz CT molecular complexity index is 1010. The Labute approximate surface area is 167 Å². The van der Waals surface area contributed by atoms with Crippen molar-refractivity contribution in [3.05, 3.63) is 45.8 Å². The molecule has 3 aliphatic heterocycles. The SMILES string of the molecule is O=C(NCCC(=O)N1CCc2sccc2C1)C1=CN2CCS(=O)(=O)N=C2C=C1. The minimum Gasteiger partial charge on any atom is -0.351 e. The number of amides is 2. The number of hydrogen-bond acceptors (Lipinski definition) is 6. The van der Waals surface area contributed by atoms with E-state index >= 15 is 0 Å². The van der Waals surface area contributed by atoms with Crippen LogP contribution in [0.4, 0.5) is 0 Å². The largest absolute Gasteiger partial charge is 0.351 e. The first-order valence-electron chi connectivity index (χ1n) is 9.02. The van der Waals surface area contributed by atoms with Crippen LogP contribution >= 0.6 is 11.3 Å². The molecule has 28 heavy (non-hydrogen) atoms. The zero-order valence-corrected chi connectivity index (χ0v) is 16.8. The summed E-state index contributed by atoms with van der Waals surface area (Å²) in [5, 5.41) is 4.81. The molecule has 3 aliphatic rings. The van der Waals surface area contributed by atoms with Crippen molar-refractivity contribution in [2.24, 2.45) is 4.40 Å². The standard InChI is InChI=1S/C18H20N4O4S2/c23-17(22-7-4-15-13(11-22)5-9-27-15)3-6-19-18(24)14-1-2-16-20-28(25,26)10-8-21(16)12-14/h1-2,5,9,12H,3-4,6-8,10-11H2,(H,19,24). The summed E-state index contributed by atoms with van der Waals surface area (Å²) < 4.78 is 26.7. The molecule has 0 radical (unpaired) electrons. The van der Waals surface area contributed by atoms with Crippen LogP contribution in [0.5, 0.6) is 0 Å². The van der Waals surface area contributed by atoms with Crippen molar-refractivity contribution in [2.75, 3.05) is 25.4 Å². The first kappa shape index (κ1) is 18.9. The van der Waals surface area contributed by atoms with E-state index in [1.165, 1.54) is 22.6 Å². The third kappa shape index (κ3) is 4.02. The van der Waals surface area contributed by atoms with Crippen LogP contribution in [0.15, 0.2) is 39.8 Å². The minimum atomic E-state index is -3.42. The Morgan fingerprint density at radius 1 is 1.25 bits per heavy atom. The van der Waals surface area contributed by atoms with E-state index in [9.17, 15) is 18.0 Å². The van der Waals surface area contributed by atoms with E-state index in [0.29, 0.717) is 24.5 Å². The van der Waals surface area contributed by atoms with Gasteiger partial charge < -0.3 is 15.1 Å². The predicted molar refractivity (Wildman–Crippen MR) is 106 cm³/mol. The molecule has 0 saturated carbocycles. The van der Waals surface area contributed by atoms with Gasteiger partial charge in [0.15, 0.2) is 0 Å². The van der Waals surface area contributed by atoms with Crippen LogP contribution in [0.3, 0.4) is 0 Å². The summed E-state index contributed by atoms with van der Waals surface area (Å²) in [5.41, 5.74) is 1.62. The summed E-state index contributed by atoms with van der Waals surface area (Å²) in [6, 6.07) is 2.06. The molecule has 0 saturated heterocycles. The van der Waals surface area contributed by atoms with Gasteiger partial charge in [0.1, 0.15) is 5.84 Å². The fraction of sp³-hybridized carbons (Fsp3) is 0.389. The number of fused-ring (bicyclic) bond motifs is 2. The van der Waals surface area contributed by atoms with Crippen molar-refractivity contribution in [3.8, 4) is 0 Å². The topological polar surface area (TPSA) is 99.1 Å². The van der Waals surface area contributed by atoms with E-state index in [4.69, 9.17) is 0 Å². The normalized spacial score (nSPS) is 20.0. The molecule has 0 fully saturated rings. The van der Waals surface area contributed by atoms with E-state index < -0.39 is 10.0 Å². The molecule has 0 spiro atoms. The van der Waals surface area contributed by atoms with Crippen LogP contribution in [0.2, 0.25) is 0 Å². The lowest BCUT2D eigenvalue weighted by Crippen LogP contribution is -2.39. The lowest BCUT2D eigenvalue weighted by atomic mass is 10.1. The van der Waals surface area contributed by atoms with Crippen molar-refractivity contribution >= 4 is 39.0 Å². The van der Waals surface area contributed by atoms with Crippen LogP contribution in [0.25, 0.3) is 0 Å². The summed E-state index contributed by atoms with van der Waals surface area (Å²) in [6.45, 7) is 1.87. The van der Waals surface area contributed by atoms with E-state index in [1.54, 1.807) is 22.4 Å². The smallest absolute Gasteiger partial charge is 0.256 e. The Morgan fingerprint density at radius 3 is 2.96 bits per heavy atom. The van der Waals surface area contributed by atoms with Crippen LogP contribution in [0, 0.1) is 0 Å². The molecule has 1 N–H and O–H groups in total. The van der Waals surface area contributed by atoms with Gasteiger partial charge in [-0.15, -0.1) is 15.7 Å². The van der Waals surface area contributed by atoms with Gasteiger partial charge in [-0.1, -0.05) is 0 Å². The maximum absolute atomic E-state index is 12.4. The van der Waals surface area contributed by atoms with E-state index in [0.717, 1.165) is 6.42 Å². The minimum absolute atomic E-state index is 0.0287. The van der Waals surface area contributed by atoms with Crippen molar-refractivity contribution < 1.29 is 18.0 Å². The fourth-order valence-corrected chi connectivity index (χ4v) is 5.20. The van der Waals surface area contributed by atoms with Crippen LogP contribution in [0.1, 0.15) is 16.9 Å². The second kappa shape index (κ2) is 7.51. The third-order valence-corrected chi connectivity index (χ3v) is 7.06. The van der Waals surface area contributed by atoms with Gasteiger partial charge in [0.05, 0.1) is 11.3 Å². The van der Waals surface area contributed by atoms with E-state index in [-0.39, 0.29) is 37.1 Å². The molecule has 4 rings (SSSR count). The quantitative estimate of drug-likeness (QED) is 0.771. The molecule has 0 aromatic carbocycles. The maximum atomic E-state index is 12.4. The number of carbonyl (C=O) groups excluding carboxylic acids is 2. The monoisotopic (exact) mass is 420 g/mol. The highest BCUT2D eigenvalue weighted by Crippen LogP contribution is 2.24. The van der Waals surface area contributed by atoms with Crippen molar-refractivity contribution in [1.29, 1.82) is 0 Å². The number of thiophene rings is 1. The molecule has 1 aromatic heterocycles. The van der Waals surface area contributed by atoms with Gasteiger partial charge in [0.25, 0.3) is 15.9 Å². The molecule has 0 unspecified atom stereocenters. The molecule has 8 nitrogen and oxygen atoms in total. The molecule has 1 aromatic rings. The molecule has 2 amide bonds. The number of rotatable bonds is 4. The number of amidine groups is 1. The summed E-state index contributed by atoms with van der Waals surface area (Å²) in [7, 11) is -3.42. The van der Waals surface area contributed by atoms with Crippen LogP contribution in [-0.4, -0.2) is 61.3 Å². The highest BCUT2D eigenvalue weighted by Gasteiger charge is 2.25. The Hall–Kier alpha value is -2.46. The molecular weight excluding hydrogens is 400 g/mol. The van der Waals surface area contributed by atoms with Crippen LogP contribution in [-0.2, 0) is 32.6 Å². The van der Waals surface area contributed by atoms with Crippen molar-refractivity contribution in [1.82, 2.24) is 15.1 Å². The number of sulfonamides is 1. The highest BCUT2D eigenvalue weighted by molar-refractivity contribution is 7.90. The average Bonchev–Trinajstić information content (AvgIpc) is 3.14. The Kier molecular flexibility index (Phi) is 5.07. The van der Waals surface area contributed by atoms with Gasteiger partial charge in [-0.25, -0.2) is 8.42 Å². The van der Waals surface area contributed by atoms with E-state index in [2.05, 4.69) is 21.2 Å². The van der Waals surface area contributed by atoms with Gasteiger partial charge >= 0.3 is 0 Å². The molecular formula is C18H20N4O4S2. The first-order valence-corrected chi connectivity index (χ1v) is 11.5. The average molecular weight is 421 g/mol. The van der Waals surface area contributed by atoms with Gasteiger partial charge in [-0.2, -0.15) is 0 Å². The molecule has 0 bridgehead atoms. The van der Waals surface area contributed by atoms with Crippen molar-refractivity contribution in [2.45, 2.75) is 19.4 Å². The second-order valence-electron chi connectivity index (χ2n) is 6.79. The number of nitrogens with one attached hydrogen (secondary N) is 1. The molecule has 148 valence electrons. The highest BCUT2D eigenvalue weighted by atomic mass is 32.2. The molecule has 0 atom stereocenters. The van der Waals surface area contributed by atoms with Crippen molar-refractivity contribution in [3.63, 3.8) is 0 Å². The maximum Gasteiger partial charge on any atom is 0.256 e.